The molecule has 2 fully saturated rings. The summed E-state index contributed by atoms with van der Waals surface area (Å²) in [6, 6.07) is 7.86. The fraction of sp³-hybridized carbons (Fsp3) is 0.526. The molecule has 0 N–H and O–H groups in total. The first kappa shape index (κ1) is 15.4. The van der Waals surface area contributed by atoms with Crippen LogP contribution in [0.2, 0.25) is 0 Å². The summed E-state index contributed by atoms with van der Waals surface area (Å²) in [5, 5.41) is 3.98. The lowest BCUT2D eigenvalue weighted by Gasteiger charge is -2.20. The summed E-state index contributed by atoms with van der Waals surface area (Å²) in [5.74, 6) is 2.82. The van der Waals surface area contributed by atoms with Gasteiger partial charge in [0.2, 0.25) is 5.82 Å². The van der Waals surface area contributed by atoms with Gasteiger partial charge in [-0.25, -0.2) is 0 Å². The molecule has 24 heavy (non-hydrogen) atoms. The Balaban J connectivity index is 1.32. The maximum atomic E-state index is 12.1. The van der Waals surface area contributed by atoms with Crippen molar-refractivity contribution >= 4 is 5.97 Å². The van der Waals surface area contributed by atoms with Crippen LogP contribution < -0.4 is 0 Å². The van der Waals surface area contributed by atoms with Gasteiger partial charge in [-0.15, -0.1) is 0 Å². The summed E-state index contributed by atoms with van der Waals surface area (Å²) in [5.41, 5.74) is 2.01. The fourth-order valence-electron chi connectivity index (χ4n) is 4.29. The van der Waals surface area contributed by atoms with Crippen LogP contribution in [-0.4, -0.2) is 16.1 Å². The van der Waals surface area contributed by atoms with Crippen LogP contribution in [0.25, 0.3) is 11.4 Å². The number of hydrogen-bond acceptors (Lipinski definition) is 5. The van der Waals surface area contributed by atoms with Crippen LogP contribution in [0.3, 0.4) is 0 Å². The Hall–Kier alpha value is -2.17. The van der Waals surface area contributed by atoms with E-state index < -0.39 is 0 Å². The first-order valence-corrected chi connectivity index (χ1v) is 8.73. The number of ether oxygens (including phenoxy) is 1. The molecule has 4 rings (SSSR count). The summed E-state index contributed by atoms with van der Waals surface area (Å²) >= 11 is 0. The van der Waals surface area contributed by atoms with E-state index in [1.165, 1.54) is 25.7 Å². The Labute approximate surface area is 141 Å². The zero-order valence-electron chi connectivity index (χ0n) is 13.9. The molecular formula is C19H22N2O3. The SMILES string of the molecule is Cc1ccccc1-c1noc(COC(=O)C[C@H]2C[C@@H]3CC[C@@H]2C3)n1. The molecular weight excluding hydrogens is 304 g/mol. The first-order chi connectivity index (χ1) is 11.7. The molecule has 0 amide bonds. The summed E-state index contributed by atoms with van der Waals surface area (Å²) in [4.78, 5) is 16.4. The Bertz CT molecular complexity index is 740. The van der Waals surface area contributed by atoms with Gasteiger partial charge in [-0.3, -0.25) is 4.79 Å². The highest BCUT2D eigenvalue weighted by Gasteiger charge is 2.40. The minimum absolute atomic E-state index is 0.0541. The van der Waals surface area contributed by atoms with Crippen LogP contribution in [-0.2, 0) is 16.1 Å². The van der Waals surface area contributed by atoms with E-state index in [1.54, 1.807) is 0 Å². The Morgan fingerprint density at radius 3 is 2.92 bits per heavy atom. The van der Waals surface area contributed by atoms with E-state index in [9.17, 15) is 4.79 Å². The number of hydrogen-bond donors (Lipinski definition) is 0. The standard InChI is InChI=1S/C19H22N2O3/c1-12-4-2-3-5-16(12)19-20-17(24-21-19)11-23-18(22)10-15-9-13-6-7-14(15)8-13/h2-5,13-15H,6-11H2,1H3/t13-,14-,15-/m1/s1. The molecule has 1 heterocycles. The highest BCUT2D eigenvalue weighted by Crippen LogP contribution is 2.49. The van der Waals surface area contributed by atoms with Crippen LogP contribution >= 0.6 is 0 Å². The smallest absolute Gasteiger partial charge is 0.306 e. The van der Waals surface area contributed by atoms with Crippen LogP contribution in [0.4, 0.5) is 0 Å². The number of aromatic nitrogens is 2. The predicted molar refractivity (Wildman–Crippen MR) is 87.8 cm³/mol. The molecule has 0 aliphatic heterocycles. The Morgan fingerprint density at radius 1 is 1.29 bits per heavy atom. The van der Waals surface area contributed by atoms with E-state index in [0.717, 1.165) is 23.0 Å². The lowest BCUT2D eigenvalue weighted by atomic mass is 9.86. The van der Waals surface area contributed by atoms with Gasteiger partial charge in [-0.1, -0.05) is 35.8 Å². The third-order valence-corrected chi connectivity index (χ3v) is 5.52. The molecule has 2 aromatic rings. The monoisotopic (exact) mass is 326 g/mol. The van der Waals surface area contributed by atoms with Crippen molar-refractivity contribution in [1.82, 2.24) is 10.1 Å². The van der Waals surface area contributed by atoms with Crippen LogP contribution in [0.1, 0.15) is 43.6 Å². The highest BCUT2D eigenvalue weighted by atomic mass is 16.6. The van der Waals surface area contributed by atoms with E-state index in [0.29, 0.717) is 24.1 Å². The van der Waals surface area contributed by atoms with Gasteiger partial charge in [-0.05, 0) is 49.5 Å². The third kappa shape index (κ3) is 3.07. The summed E-state index contributed by atoms with van der Waals surface area (Å²) in [6.45, 7) is 2.05. The minimum atomic E-state index is -0.150. The lowest BCUT2D eigenvalue weighted by molar-refractivity contribution is -0.147. The average Bonchev–Trinajstić information content (AvgIpc) is 3.30. The van der Waals surface area contributed by atoms with Gasteiger partial charge in [-0.2, -0.15) is 4.98 Å². The molecule has 2 aliphatic rings. The van der Waals surface area contributed by atoms with E-state index in [1.807, 2.05) is 31.2 Å². The molecule has 126 valence electrons. The van der Waals surface area contributed by atoms with Crippen LogP contribution in [0.15, 0.2) is 28.8 Å². The quantitative estimate of drug-likeness (QED) is 0.779. The van der Waals surface area contributed by atoms with E-state index in [-0.39, 0.29) is 12.6 Å². The van der Waals surface area contributed by atoms with Gasteiger partial charge in [0.15, 0.2) is 6.61 Å². The molecule has 3 atom stereocenters. The van der Waals surface area contributed by atoms with Gasteiger partial charge < -0.3 is 9.26 Å². The third-order valence-electron chi connectivity index (χ3n) is 5.52. The number of carbonyl (C=O) groups excluding carboxylic acids is 1. The van der Waals surface area contributed by atoms with Gasteiger partial charge >= 0.3 is 5.97 Å². The number of benzene rings is 1. The zero-order valence-corrected chi connectivity index (χ0v) is 13.9. The van der Waals surface area contributed by atoms with Crippen LogP contribution in [0.5, 0.6) is 0 Å². The zero-order chi connectivity index (χ0) is 16.5. The maximum Gasteiger partial charge on any atom is 0.306 e. The molecule has 5 heteroatoms. The molecule has 0 radical (unpaired) electrons. The van der Waals surface area contributed by atoms with Crippen molar-refractivity contribution in [2.24, 2.45) is 17.8 Å². The molecule has 0 spiro atoms. The Morgan fingerprint density at radius 2 is 2.17 bits per heavy atom. The summed E-state index contributed by atoms with van der Waals surface area (Å²) < 4.78 is 10.5. The number of nitrogens with zero attached hydrogens (tertiary/aromatic N) is 2. The van der Waals surface area contributed by atoms with E-state index in [4.69, 9.17) is 9.26 Å². The number of rotatable bonds is 5. The van der Waals surface area contributed by atoms with Crippen LogP contribution in [0, 0.1) is 24.7 Å². The van der Waals surface area contributed by atoms with Crippen molar-refractivity contribution in [3.05, 3.63) is 35.7 Å². The largest absolute Gasteiger partial charge is 0.456 e. The summed E-state index contributed by atoms with van der Waals surface area (Å²) in [6.07, 6.45) is 5.66. The summed E-state index contributed by atoms with van der Waals surface area (Å²) in [7, 11) is 0. The topological polar surface area (TPSA) is 65.2 Å². The molecule has 0 unspecified atom stereocenters. The van der Waals surface area contributed by atoms with E-state index in [2.05, 4.69) is 10.1 Å². The number of carbonyl (C=O) groups is 1. The molecule has 2 bridgehead atoms. The second-order valence-corrected chi connectivity index (χ2v) is 7.13. The molecule has 5 nitrogen and oxygen atoms in total. The van der Waals surface area contributed by atoms with Crippen molar-refractivity contribution in [3.8, 4) is 11.4 Å². The van der Waals surface area contributed by atoms with Gasteiger partial charge in [0.1, 0.15) is 0 Å². The second-order valence-electron chi connectivity index (χ2n) is 7.13. The number of esters is 1. The van der Waals surface area contributed by atoms with Gasteiger partial charge in [0.05, 0.1) is 0 Å². The fourth-order valence-corrected chi connectivity index (χ4v) is 4.29. The van der Waals surface area contributed by atoms with Crippen molar-refractivity contribution < 1.29 is 14.1 Å². The maximum absolute atomic E-state index is 12.1. The number of aryl methyl sites for hydroxylation is 1. The first-order valence-electron chi connectivity index (χ1n) is 8.73. The second kappa shape index (κ2) is 6.38. The highest BCUT2D eigenvalue weighted by molar-refractivity contribution is 5.69. The van der Waals surface area contributed by atoms with Crippen molar-refractivity contribution in [2.45, 2.75) is 45.6 Å². The van der Waals surface area contributed by atoms with Crippen molar-refractivity contribution in [2.75, 3.05) is 0 Å². The average molecular weight is 326 g/mol. The van der Waals surface area contributed by atoms with Gasteiger partial charge in [0, 0.05) is 12.0 Å². The molecule has 2 saturated carbocycles. The molecule has 1 aromatic carbocycles. The molecule has 1 aromatic heterocycles. The van der Waals surface area contributed by atoms with E-state index >= 15 is 0 Å². The predicted octanol–water partition coefficient (Wildman–Crippen LogP) is 3.91. The van der Waals surface area contributed by atoms with Gasteiger partial charge in [0.25, 0.3) is 5.89 Å². The number of fused-ring (bicyclic) bond motifs is 2. The van der Waals surface area contributed by atoms with Crippen molar-refractivity contribution in [1.29, 1.82) is 0 Å². The van der Waals surface area contributed by atoms with Crippen molar-refractivity contribution in [3.63, 3.8) is 0 Å². The molecule has 0 saturated heterocycles. The normalized spacial score (nSPS) is 25.1. The lowest BCUT2D eigenvalue weighted by Crippen LogP contribution is -2.17. The molecule has 2 aliphatic carbocycles. The Kier molecular flexibility index (Phi) is 4.08. The minimum Gasteiger partial charge on any atom is -0.456 e.